The fourth-order valence-corrected chi connectivity index (χ4v) is 4.19. The van der Waals surface area contributed by atoms with Crippen molar-refractivity contribution in [1.82, 2.24) is 10.2 Å². The van der Waals surface area contributed by atoms with Gasteiger partial charge in [-0.05, 0) is 56.3 Å². The minimum absolute atomic E-state index is 0.810. The molecular weight excluding hydrogens is 232 g/mol. The highest BCUT2D eigenvalue weighted by molar-refractivity contribution is 4.92. The van der Waals surface area contributed by atoms with E-state index < -0.39 is 0 Å². The molecule has 1 heterocycles. The summed E-state index contributed by atoms with van der Waals surface area (Å²) in [7, 11) is 0. The summed E-state index contributed by atoms with van der Waals surface area (Å²) in [4.78, 5) is 2.82. The summed E-state index contributed by atoms with van der Waals surface area (Å²) < 4.78 is 0. The molecule has 4 aliphatic rings. The molecule has 2 nitrogen and oxygen atoms in total. The standard InChI is InChI=1S/C17H30N2/c1-2-14(3-1)10-19-11-15(8-13-4-5-13)9-17(12-19)18-16-6-7-16/h13-18H,1-12H2. The average Bonchev–Trinajstić information content (AvgIpc) is 3.20. The predicted molar refractivity (Wildman–Crippen MR) is 79.2 cm³/mol. The van der Waals surface area contributed by atoms with Gasteiger partial charge in [-0.1, -0.05) is 19.3 Å². The minimum atomic E-state index is 0.810. The van der Waals surface area contributed by atoms with Crippen molar-refractivity contribution >= 4 is 0 Å². The van der Waals surface area contributed by atoms with Crippen molar-refractivity contribution in [3.05, 3.63) is 0 Å². The Balaban J connectivity index is 1.32. The lowest BCUT2D eigenvalue weighted by molar-refractivity contribution is 0.0960. The summed E-state index contributed by atoms with van der Waals surface area (Å²) in [6.07, 6.45) is 13.4. The lowest BCUT2D eigenvalue weighted by Gasteiger charge is -2.41. The van der Waals surface area contributed by atoms with Crippen molar-refractivity contribution in [3.8, 4) is 0 Å². The SMILES string of the molecule is C1CC(CN2CC(CC3CC3)CC(NC3CC3)C2)C1. The van der Waals surface area contributed by atoms with Gasteiger partial charge >= 0.3 is 0 Å². The van der Waals surface area contributed by atoms with Crippen molar-refractivity contribution < 1.29 is 0 Å². The molecule has 0 aromatic rings. The number of piperidine rings is 1. The Bertz CT molecular complexity index is 282. The van der Waals surface area contributed by atoms with Gasteiger partial charge in [0, 0.05) is 31.7 Å². The maximum atomic E-state index is 3.91. The molecule has 0 amide bonds. The fourth-order valence-electron chi connectivity index (χ4n) is 4.19. The molecule has 2 unspecified atom stereocenters. The number of likely N-dealkylation sites (tertiary alicyclic amines) is 1. The molecule has 1 saturated heterocycles. The largest absolute Gasteiger partial charge is 0.310 e. The van der Waals surface area contributed by atoms with Crippen LogP contribution >= 0.6 is 0 Å². The maximum absolute atomic E-state index is 3.91. The van der Waals surface area contributed by atoms with Gasteiger partial charge in [-0.2, -0.15) is 0 Å². The van der Waals surface area contributed by atoms with Crippen LogP contribution in [0.5, 0.6) is 0 Å². The first-order valence-electron chi connectivity index (χ1n) is 8.83. The first-order chi connectivity index (χ1) is 9.35. The number of nitrogens with zero attached hydrogens (tertiary/aromatic N) is 1. The Morgan fingerprint density at radius 3 is 2.26 bits per heavy atom. The highest BCUT2D eigenvalue weighted by Crippen LogP contribution is 2.38. The van der Waals surface area contributed by atoms with Gasteiger partial charge in [-0.25, -0.2) is 0 Å². The fraction of sp³-hybridized carbons (Fsp3) is 1.00. The van der Waals surface area contributed by atoms with Crippen molar-refractivity contribution in [2.75, 3.05) is 19.6 Å². The second-order valence-corrected chi connectivity index (χ2v) is 7.93. The highest BCUT2D eigenvalue weighted by Gasteiger charge is 2.35. The van der Waals surface area contributed by atoms with Gasteiger partial charge in [-0.3, -0.25) is 0 Å². The van der Waals surface area contributed by atoms with Crippen LogP contribution in [0.25, 0.3) is 0 Å². The van der Waals surface area contributed by atoms with E-state index in [0.717, 1.165) is 29.8 Å². The number of hydrogen-bond donors (Lipinski definition) is 1. The van der Waals surface area contributed by atoms with E-state index in [-0.39, 0.29) is 0 Å². The summed E-state index contributed by atoms with van der Waals surface area (Å²) in [5.74, 6) is 3.15. The number of hydrogen-bond acceptors (Lipinski definition) is 2. The Hall–Kier alpha value is -0.0800. The molecule has 3 saturated carbocycles. The van der Waals surface area contributed by atoms with E-state index >= 15 is 0 Å². The molecule has 0 spiro atoms. The molecule has 1 aliphatic heterocycles. The van der Waals surface area contributed by atoms with E-state index in [2.05, 4.69) is 10.2 Å². The van der Waals surface area contributed by atoms with Crippen LogP contribution in [0.4, 0.5) is 0 Å². The van der Waals surface area contributed by atoms with Crippen LogP contribution in [0.3, 0.4) is 0 Å². The van der Waals surface area contributed by atoms with Gasteiger partial charge in [0.2, 0.25) is 0 Å². The Morgan fingerprint density at radius 1 is 0.789 bits per heavy atom. The van der Waals surface area contributed by atoms with Crippen LogP contribution in [0.1, 0.15) is 57.8 Å². The maximum Gasteiger partial charge on any atom is 0.0200 e. The summed E-state index contributed by atoms with van der Waals surface area (Å²) in [5.41, 5.74) is 0. The van der Waals surface area contributed by atoms with Gasteiger partial charge < -0.3 is 10.2 Å². The first kappa shape index (κ1) is 12.6. The monoisotopic (exact) mass is 262 g/mol. The number of rotatable bonds is 6. The van der Waals surface area contributed by atoms with Crippen LogP contribution in [0.15, 0.2) is 0 Å². The third-order valence-corrected chi connectivity index (χ3v) is 5.77. The third kappa shape index (κ3) is 3.52. The molecule has 3 aliphatic carbocycles. The quantitative estimate of drug-likeness (QED) is 0.791. The van der Waals surface area contributed by atoms with Gasteiger partial charge in [0.15, 0.2) is 0 Å². The Morgan fingerprint density at radius 2 is 1.63 bits per heavy atom. The second kappa shape index (κ2) is 5.37. The van der Waals surface area contributed by atoms with Gasteiger partial charge in [0.05, 0.1) is 0 Å². The minimum Gasteiger partial charge on any atom is -0.310 e. The summed E-state index contributed by atoms with van der Waals surface area (Å²) in [6.45, 7) is 4.16. The van der Waals surface area contributed by atoms with Crippen LogP contribution < -0.4 is 5.32 Å². The zero-order chi connectivity index (χ0) is 12.7. The lowest BCUT2D eigenvalue weighted by atomic mass is 9.83. The molecule has 108 valence electrons. The van der Waals surface area contributed by atoms with Gasteiger partial charge in [0.1, 0.15) is 0 Å². The van der Waals surface area contributed by atoms with Crippen molar-refractivity contribution in [3.63, 3.8) is 0 Å². The Labute approximate surface area is 118 Å². The van der Waals surface area contributed by atoms with Crippen molar-refractivity contribution in [2.45, 2.75) is 69.9 Å². The van der Waals surface area contributed by atoms with E-state index in [1.807, 2.05) is 0 Å². The zero-order valence-corrected chi connectivity index (χ0v) is 12.3. The van der Waals surface area contributed by atoms with Crippen LogP contribution in [-0.2, 0) is 0 Å². The molecule has 2 atom stereocenters. The lowest BCUT2D eigenvalue weighted by Crippen LogP contribution is -2.51. The normalized spacial score (nSPS) is 37.3. The van der Waals surface area contributed by atoms with Crippen molar-refractivity contribution in [1.29, 1.82) is 0 Å². The highest BCUT2D eigenvalue weighted by atomic mass is 15.2. The van der Waals surface area contributed by atoms with Crippen molar-refractivity contribution in [2.24, 2.45) is 17.8 Å². The molecule has 4 fully saturated rings. The molecule has 0 aromatic carbocycles. The van der Waals surface area contributed by atoms with Gasteiger partial charge in [-0.15, -0.1) is 0 Å². The van der Waals surface area contributed by atoms with E-state index in [9.17, 15) is 0 Å². The van der Waals surface area contributed by atoms with Crippen LogP contribution in [0.2, 0.25) is 0 Å². The summed E-state index contributed by atoms with van der Waals surface area (Å²) >= 11 is 0. The number of nitrogens with one attached hydrogen (secondary N) is 1. The second-order valence-electron chi connectivity index (χ2n) is 7.93. The topological polar surface area (TPSA) is 15.3 Å². The average molecular weight is 262 g/mol. The van der Waals surface area contributed by atoms with E-state index in [1.54, 1.807) is 0 Å². The molecule has 1 N–H and O–H groups in total. The molecule has 0 radical (unpaired) electrons. The van der Waals surface area contributed by atoms with E-state index in [4.69, 9.17) is 0 Å². The smallest absolute Gasteiger partial charge is 0.0200 e. The molecule has 2 heteroatoms. The zero-order valence-electron chi connectivity index (χ0n) is 12.3. The third-order valence-electron chi connectivity index (χ3n) is 5.77. The van der Waals surface area contributed by atoms with E-state index in [1.165, 1.54) is 77.4 Å². The Kier molecular flexibility index (Phi) is 3.57. The first-order valence-corrected chi connectivity index (χ1v) is 8.83. The van der Waals surface area contributed by atoms with Crippen LogP contribution in [0, 0.1) is 17.8 Å². The molecular formula is C17H30N2. The predicted octanol–water partition coefficient (Wildman–Crippen LogP) is 3.03. The molecule has 0 bridgehead atoms. The van der Waals surface area contributed by atoms with E-state index in [0.29, 0.717) is 0 Å². The van der Waals surface area contributed by atoms with Gasteiger partial charge in [0.25, 0.3) is 0 Å². The van der Waals surface area contributed by atoms with Crippen LogP contribution in [-0.4, -0.2) is 36.6 Å². The molecule has 19 heavy (non-hydrogen) atoms. The molecule has 4 rings (SSSR count). The molecule has 0 aromatic heterocycles. The summed E-state index contributed by atoms with van der Waals surface area (Å²) in [6, 6.07) is 1.69. The summed E-state index contributed by atoms with van der Waals surface area (Å²) in [5, 5.41) is 3.91.